The first-order chi connectivity index (χ1) is 12.6. The Balaban J connectivity index is 1.49. The number of H-pyrrole nitrogens is 1. The van der Waals surface area contributed by atoms with Crippen molar-refractivity contribution in [1.82, 2.24) is 15.2 Å². The largest absolute Gasteiger partial charge is 0.486 e. The first-order valence-corrected chi connectivity index (χ1v) is 9.32. The van der Waals surface area contributed by atoms with E-state index < -0.39 is 0 Å². The van der Waals surface area contributed by atoms with Gasteiger partial charge in [-0.3, -0.25) is 9.89 Å². The molecule has 0 fully saturated rings. The van der Waals surface area contributed by atoms with E-state index in [1.807, 2.05) is 30.3 Å². The first-order valence-electron chi connectivity index (χ1n) is 7.57. The molecular formula is C17H14Cl2N4O2S. The summed E-state index contributed by atoms with van der Waals surface area (Å²) < 4.78 is 5.58. The maximum atomic E-state index is 12.1. The Morgan fingerprint density at radius 2 is 1.85 bits per heavy atom. The summed E-state index contributed by atoms with van der Waals surface area (Å²) in [6, 6.07) is 14.4. The van der Waals surface area contributed by atoms with Crippen LogP contribution < -0.4 is 10.1 Å². The third-order valence-electron chi connectivity index (χ3n) is 3.19. The summed E-state index contributed by atoms with van der Waals surface area (Å²) in [4.78, 5) is 16.3. The highest BCUT2D eigenvalue weighted by molar-refractivity contribution is 7.99. The van der Waals surface area contributed by atoms with E-state index in [-0.39, 0.29) is 18.3 Å². The van der Waals surface area contributed by atoms with Crippen LogP contribution in [0.5, 0.6) is 5.75 Å². The summed E-state index contributed by atoms with van der Waals surface area (Å²) in [7, 11) is 0. The second kappa shape index (κ2) is 8.93. The fourth-order valence-corrected chi connectivity index (χ4v) is 3.11. The molecule has 0 spiro atoms. The molecule has 0 unspecified atom stereocenters. The molecular weight excluding hydrogens is 395 g/mol. The lowest BCUT2D eigenvalue weighted by molar-refractivity contribution is -0.113. The SMILES string of the molecule is O=C(CSc1n[nH]c(COc2ccccc2)n1)Nc1c(Cl)cccc1Cl. The highest BCUT2D eigenvalue weighted by Gasteiger charge is 2.12. The molecule has 1 amide bonds. The van der Waals surface area contributed by atoms with Gasteiger partial charge in [-0.2, -0.15) is 0 Å². The molecule has 0 bridgehead atoms. The number of nitrogens with one attached hydrogen (secondary N) is 2. The van der Waals surface area contributed by atoms with Gasteiger partial charge in [-0.15, -0.1) is 5.10 Å². The summed E-state index contributed by atoms with van der Waals surface area (Å²) in [5.41, 5.74) is 0.397. The fraction of sp³-hybridized carbons (Fsp3) is 0.118. The minimum atomic E-state index is -0.253. The number of hydrogen-bond acceptors (Lipinski definition) is 5. The second-order valence-corrected chi connectivity index (χ2v) is 6.86. The number of nitrogens with zero attached hydrogens (tertiary/aromatic N) is 2. The maximum Gasteiger partial charge on any atom is 0.234 e. The van der Waals surface area contributed by atoms with Gasteiger partial charge >= 0.3 is 0 Å². The molecule has 26 heavy (non-hydrogen) atoms. The van der Waals surface area contributed by atoms with E-state index in [4.69, 9.17) is 27.9 Å². The van der Waals surface area contributed by atoms with E-state index in [0.29, 0.717) is 26.7 Å². The van der Waals surface area contributed by atoms with Gasteiger partial charge in [0.05, 0.1) is 21.5 Å². The summed E-state index contributed by atoms with van der Waals surface area (Å²) in [6.07, 6.45) is 0. The number of aromatic nitrogens is 3. The van der Waals surface area contributed by atoms with E-state index in [1.165, 1.54) is 11.8 Å². The Bertz CT molecular complexity index is 869. The zero-order valence-electron chi connectivity index (χ0n) is 13.4. The molecule has 6 nitrogen and oxygen atoms in total. The van der Waals surface area contributed by atoms with Crippen LogP contribution in [0.25, 0.3) is 0 Å². The van der Waals surface area contributed by atoms with Crippen LogP contribution in [0.3, 0.4) is 0 Å². The van der Waals surface area contributed by atoms with Gasteiger partial charge in [-0.1, -0.05) is 59.2 Å². The van der Waals surface area contributed by atoms with Crippen molar-refractivity contribution in [2.45, 2.75) is 11.8 Å². The van der Waals surface area contributed by atoms with Crippen LogP contribution in [0.4, 0.5) is 5.69 Å². The number of ether oxygens (including phenoxy) is 1. The molecule has 1 aromatic heterocycles. The van der Waals surface area contributed by atoms with Crippen molar-refractivity contribution in [1.29, 1.82) is 0 Å². The molecule has 2 N–H and O–H groups in total. The Morgan fingerprint density at radius 1 is 1.12 bits per heavy atom. The molecule has 0 aliphatic rings. The number of thioether (sulfide) groups is 1. The highest BCUT2D eigenvalue weighted by atomic mass is 35.5. The number of halogens is 2. The summed E-state index contributed by atoms with van der Waals surface area (Å²) in [6.45, 7) is 0.263. The molecule has 9 heteroatoms. The number of benzene rings is 2. The lowest BCUT2D eigenvalue weighted by atomic mass is 10.3. The normalized spacial score (nSPS) is 10.5. The van der Waals surface area contributed by atoms with Crippen LogP contribution in [0.2, 0.25) is 10.0 Å². The zero-order chi connectivity index (χ0) is 18.4. The first kappa shape index (κ1) is 18.6. The lowest BCUT2D eigenvalue weighted by Crippen LogP contribution is -2.14. The smallest absolute Gasteiger partial charge is 0.234 e. The van der Waals surface area contributed by atoms with E-state index >= 15 is 0 Å². The monoisotopic (exact) mass is 408 g/mol. The lowest BCUT2D eigenvalue weighted by Gasteiger charge is -2.08. The Labute approximate surface area is 164 Å². The average Bonchev–Trinajstić information content (AvgIpc) is 3.10. The Morgan fingerprint density at radius 3 is 2.58 bits per heavy atom. The maximum absolute atomic E-state index is 12.1. The molecule has 0 atom stereocenters. The van der Waals surface area contributed by atoms with Crippen molar-refractivity contribution in [2.24, 2.45) is 0 Å². The number of aromatic amines is 1. The number of carbonyl (C=O) groups excluding carboxylic acids is 1. The predicted octanol–water partition coefficient (Wildman–Crippen LogP) is 4.42. The van der Waals surface area contributed by atoms with Gasteiger partial charge in [-0.25, -0.2) is 4.98 Å². The van der Waals surface area contributed by atoms with Gasteiger partial charge in [0.2, 0.25) is 11.1 Å². The molecule has 1 heterocycles. The molecule has 0 radical (unpaired) electrons. The molecule has 3 rings (SSSR count). The van der Waals surface area contributed by atoms with Crippen molar-refractivity contribution >= 4 is 46.6 Å². The van der Waals surface area contributed by atoms with Crippen LogP contribution >= 0.6 is 35.0 Å². The standard InChI is InChI=1S/C17H14Cl2N4O2S/c18-12-7-4-8-13(19)16(12)21-15(24)10-26-17-20-14(22-23-17)9-25-11-5-2-1-3-6-11/h1-8H,9-10H2,(H,21,24)(H,20,22,23). The van der Waals surface area contributed by atoms with Gasteiger partial charge in [0.1, 0.15) is 12.4 Å². The summed E-state index contributed by atoms with van der Waals surface area (Å²) in [5, 5.41) is 10.8. The topological polar surface area (TPSA) is 79.9 Å². The van der Waals surface area contributed by atoms with Crippen LogP contribution in [0.1, 0.15) is 5.82 Å². The van der Waals surface area contributed by atoms with E-state index in [2.05, 4.69) is 20.5 Å². The molecule has 0 aliphatic heterocycles. The fourth-order valence-electron chi connectivity index (χ4n) is 2.00. The zero-order valence-corrected chi connectivity index (χ0v) is 15.7. The molecule has 0 saturated carbocycles. The molecule has 2 aromatic carbocycles. The molecule has 0 aliphatic carbocycles. The molecule has 0 saturated heterocycles. The predicted molar refractivity (Wildman–Crippen MR) is 103 cm³/mol. The van der Waals surface area contributed by atoms with Gasteiger partial charge < -0.3 is 10.1 Å². The highest BCUT2D eigenvalue weighted by Crippen LogP contribution is 2.30. The Kier molecular flexibility index (Phi) is 6.38. The van der Waals surface area contributed by atoms with Gasteiger partial charge in [0.25, 0.3) is 0 Å². The van der Waals surface area contributed by atoms with E-state index in [9.17, 15) is 4.79 Å². The number of para-hydroxylation sites is 2. The van der Waals surface area contributed by atoms with Crippen LogP contribution in [-0.2, 0) is 11.4 Å². The van der Waals surface area contributed by atoms with Crippen LogP contribution in [0, 0.1) is 0 Å². The third kappa shape index (κ3) is 5.14. The van der Waals surface area contributed by atoms with Crippen molar-refractivity contribution in [3.05, 3.63) is 64.4 Å². The third-order valence-corrected chi connectivity index (χ3v) is 4.67. The van der Waals surface area contributed by atoms with Gasteiger partial charge in [0.15, 0.2) is 5.82 Å². The Hall–Kier alpha value is -2.22. The van der Waals surface area contributed by atoms with Crippen molar-refractivity contribution in [3.63, 3.8) is 0 Å². The van der Waals surface area contributed by atoms with Crippen molar-refractivity contribution in [3.8, 4) is 5.75 Å². The number of rotatable bonds is 7. The van der Waals surface area contributed by atoms with E-state index in [0.717, 1.165) is 5.75 Å². The summed E-state index contributed by atoms with van der Waals surface area (Å²) >= 11 is 13.3. The number of amides is 1. The minimum Gasteiger partial charge on any atom is -0.486 e. The van der Waals surface area contributed by atoms with Crippen LogP contribution in [0.15, 0.2) is 53.7 Å². The quantitative estimate of drug-likeness (QED) is 0.565. The van der Waals surface area contributed by atoms with Gasteiger partial charge in [-0.05, 0) is 24.3 Å². The number of carbonyl (C=O) groups is 1. The molecule has 3 aromatic rings. The van der Waals surface area contributed by atoms with Crippen molar-refractivity contribution < 1.29 is 9.53 Å². The van der Waals surface area contributed by atoms with Gasteiger partial charge in [0, 0.05) is 0 Å². The van der Waals surface area contributed by atoms with E-state index in [1.54, 1.807) is 18.2 Å². The second-order valence-electron chi connectivity index (χ2n) is 5.10. The molecule has 134 valence electrons. The summed E-state index contributed by atoms with van der Waals surface area (Å²) in [5.74, 6) is 1.19. The minimum absolute atomic E-state index is 0.123. The van der Waals surface area contributed by atoms with Crippen LogP contribution in [-0.4, -0.2) is 26.8 Å². The number of hydrogen-bond donors (Lipinski definition) is 2. The van der Waals surface area contributed by atoms with Crippen molar-refractivity contribution in [2.75, 3.05) is 11.1 Å². The number of anilines is 1. The average molecular weight is 409 g/mol.